The Labute approximate surface area is 158 Å². The summed E-state index contributed by atoms with van der Waals surface area (Å²) in [5, 5.41) is 2.71. The molecule has 5 heteroatoms. The van der Waals surface area contributed by atoms with E-state index in [1.54, 1.807) is 18.2 Å². The molecule has 1 atom stereocenters. The van der Waals surface area contributed by atoms with Crippen molar-refractivity contribution in [1.82, 2.24) is 10.2 Å². The summed E-state index contributed by atoms with van der Waals surface area (Å²) in [5.74, 6) is -0.420. The molecule has 0 spiro atoms. The van der Waals surface area contributed by atoms with Gasteiger partial charge >= 0.3 is 0 Å². The van der Waals surface area contributed by atoms with Gasteiger partial charge in [-0.3, -0.25) is 9.59 Å². The Kier molecular flexibility index (Phi) is 5.69. The molecular weight excluding hydrogens is 343 g/mol. The molecule has 0 fully saturated rings. The standard InChI is InChI=1S/C22H23FN2O2/c1-3-21(26)24-13-16-4-6-18(7-5-16)22(27)25-11-10-17-8-9-19(23)12-20(17)15(2)14-25/h3-9,12,15H,1,10-11,13-14H2,2H3,(H,24,26). The average molecular weight is 366 g/mol. The van der Waals surface area contributed by atoms with Crippen molar-refractivity contribution in [2.75, 3.05) is 13.1 Å². The normalized spacial score (nSPS) is 16.2. The van der Waals surface area contributed by atoms with E-state index in [1.807, 2.05) is 30.0 Å². The molecule has 1 unspecified atom stereocenters. The van der Waals surface area contributed by atoms with Gasteiger partial charge in [-0.2, -0.15) is 0 Å². The van der Waals surface area contributed by atoms with Gasteiger partial charge in [0.25, 0.3) is 5.91 Å². The fourth-order valence-corrected chi connectivity index (χ4v) is 3.42. The smallest absolute Gasteiger partial charge is 0.253 e. The minimum atomic E-state index is -0.237. The lowest BCUT2D eigenvalue weighted by Crippen LogP contribution is -2.34. The van der Waals surface area contributed by atoms with Crippen LogP contribution in [0.3, 0.4) is 0 Å². The molecule has 3 rings (SSSR count). The van der Waals surface area contributed by atoms with E-state index in [0.717, 1.165) is 23.1 Å². The lowest BCUT2D eigenvalue weighted by molar-refractivity contribution is -0.116. The van der Waals surface area contributed by atoms with Gasteiger partial charge in [-0.25, -0.2) is 4.39 Å². The van der Waals surface area contributed by atoms with Gasteiger partial charge in [0.05, 0.1) is 0 Å². The number of amides is 2. The number of benzene rings is 2. The van der Waals surface area contributed by atoms with Crippen LogP contribution in [0.15, 0.2) is 55.1 Å². The van der Waals surface area contributed by atoms with E-state index in [0.29, 0.717) is 25.2 Å². The van der Waals surface area contributed by atoms with E-state index in [2.05, 4.69) is 11.9 Å². The van der Waals surface area contributed by atoms with Crippen LogP contribution in [0.2, 0.25) is 0 Å². The van der Waals surface area contributed by atoms with Crippen LogP contribution < -0.4 is 5.32 Å². The maximum Gasteiger partial charge on any atom is 0.253 e. The zero-order chi connectivity index (χ0) is 19.4. The van der Waals surface area contributed by atoms with Crippen LogP contribution in [0.4, 0.5) is 4.39 Å². The van der Waals surface area contributed by atoms with Crippen LogP contribution in [-0.2, 0) is 17.8 Å². The van der Waals surface area contributed by atoms with Crippen molar-refractivity contribution < 1.29 is 14.0 Å². The van der Waals surface area contributed by atoms with E-state index in [9.17, 15) is 14.0 Å². The SMILES string of the molecule is C=CC(=O)NCc1ccc(C(=O)N2CCc3ccc(F)cc3C(C)C2)cc1. The highest BCUT2D eigenvalue weighted by Crippen LogP contribution is 2.27. The fraction of sp³-hybridized carbons (Fsp3) is 0.273. The van der Waals surface area contributed by atoms with E-state index >= 15 is 0 Å². The first-order valence-electron chi connectivity index (χ1n) is 9.04. The molecule has 0 aromatic heterocycles. The van der Waals surface area contributed by atoms with Crippen LogP contribution in [0, 0.1) is 5.82 Å². The summed E-state index contributed by atoms with van der Waals surface area (Å²) in [6, 6.07) is 12.1. The zero-order valence-corrected chi connectivity index (χ0v) is 15.4. The largest absolute Gasteiger partial charge is 0.348 e. The first-order valence-corrected chi connectivity index (χ1v) is 9.04. The molecule has 1 heterocycles. The minimum absolute atomic E-state index is 0.0307. The van der Waals surface area contributed by atoms with Crippen molar-refractivity contribution in [2.24, 2.45) is 0 Å². The lowest BCUT2D eigenvalue weighted by Gasteiger charge is -2.23. The van der Waals surface area contributed by atoms with Gasteiger partial charge in [0, 0.05) is 25.2 Å². The topological polar surface area (TPSA) is 49.4 Å². The molecule has 2 amide bonds. The number of carbonyl (C=O) groups excluding carboxylic acids is 2. The number of nitrogens with one attached hydrogen (secondary N) is 1. The predicted octanol–water partition coefficient (Wildman–Crippen LogP) is 3.43. The Bertz CT molecular complexity index is 861. The van der Waals surface area contributed by atoms with Gasteiger partial charge in [-0.15, -0.1) is 0 Å². The van der Waals surface area contributed by atoms with Gasteiger partial charge in [0.15, 0.2) is 0 Å². The summed E-state index contributed by atoms with van der Waals surface area (Å²) in [4.78, 5) is 26.0. The summed E-state index contributed by atoms with van der Waals surface area (Å²) in [6.07, 6.45) is 1.94. The van der Waals surface area contributed by atoms with Gasteiger partial charge < -0.3 is 10.2 Å². The summed E-state index contributed by atoms with van der Waals surface area (Å²) >= 11 is 0. The first kappa shape index (κ1) is 18.8. The quantitative estimate of drug-likeness (QED) is 0.843. The van der Waals surface area contributed by atoms with E-state index in [-0.39, 0.29) is 23.5 Å². The minimum Gasteiger partial charge on any atom is -0.348 e. The molecule has 27 heavy (non-hydrogen) atoms. The second-order valence-electron chi connectivity index (χ2n) is 6.86. The third kappa shape index (κ3) is 4.42. The Morgan fingerprint density at radius 2 is 2.00 bits per heavy atom. The highest BCUT2D eigenvalue weighted by molar-refractivity contribution is 5.94. The molecule has 0 saturated heterocycles. The third-order valence-electron chi connectivity index (χ3n) is 4.92. The van der Waals surface area contributed by atoms with Gasteiger partial charge in [-0.1, -0.05) is 31.7 Å². The van der Waals surface area contributed by atoms with Gasteiger partial charge in [0.1, 0.15) is 5.82 Å². The molecule has 1 N–H and O–H groups in total. The Morgan fingerprint density at radius 3 is 2.70 bits per heavy atom. The van der Waals surface area contributed by atoms with Gasteiger partial charge in [-0.05, 0) is 59.4 Å². The Hall–Kier alpha value is -2.95. The Balaban J connectivity index is 1.69. The summed E-state index contributed by atoms with van der Waals surface area (Å²) in [5.41, 5.74) is 3.61. The predicted molar refractivity (Wildman–Crippen MR) is 103 cm³/mol. The van der Waals surface area contributed by atoms with Crippen LogP contribution in [0.5, 0.6) is 0 Å². The molecule has 0 aliphatic carbocycles. The molecule has 2 aromatic carbocycles. The number of rotatable bonds is 4. The number of hydrogen-bond acceptors (Lipinski definition) is 2. The number of carbonyl (C=O) groups is 2. The number of nitrogens with zero attached hydrogens (tertiary/aromatic N) is 1. The Morgan fingerprint density at radius 1 is 1.26 bits per heavy atom. The number of halogens is 1. The molecule has 0 bridgehead atoms. The molecule has 1 aliphatic heterocycles. The molecule has 0 saturated carbocycles. The van der Waals surface area contributed by atoms with Crippen LogP contribution >= 0.6 is 0 Å². The summed E-state index contributed by atoms with van der Waals surface area (Å²) in [7, 11) is 0. The van der Waals surface area contributed by atoms with Crippen molar-refractivity contribution in [1.29, 1.82) is 0 Å². The first-order chi connectivity index (χ1) is 13.0. The van der Waals surface area contributed by atoms with Crippen LogP contribution in [0.1, 0.15) is 39.9 Å². The molecule has 140 valence electrons. The van der Waals surface area contributed by atoms with Crippen molar-refractivity contribution in [3.63, 3.8) is 0 Å². The average Bonchev–Trinajstić information content (AvgIpc) is 2.85. The highest BCUT2D eigenvalue weighted by atomic mass is 19.1. The molecule has 0 radical (unpaired) electrons. The fourth-order valence-electron chi connectivity index (χ4n) is 3.42. The third-order valence-corrected chi connectivity index (χ3v) is 4.92. The highest BCUT2D eigenvalue weighted by Gasteiger charge is 2.24. The van der Waals surface area contributed by atoms with Crippen molar-refractivity contribution in [3.8, 4) is 0 Å². The van der Waals surface area contributed by atoms with E-state index in [1.165, 1.54) is 12.1 Å². The second-order valence-corrected chi connectivity index (χ2v) is 6.86. The molecule has 4 nitrogen and oxygen atoms in total. The molecule has 1 aliphatic rings. The lowest BCUT2D eigenvalue weighted by atomic mass is 9.95. The van der Waals surface area contributed by atoms with Crippen molar-refractivity contribution in [2.45, 2.75) is 25.8 Å². The maximum absolute atomic E-state index is 13.6. The monoisotopic (exact) mass is 366 g/mol. The zero-order valence-electron chi connectivity index (χ0n) is 15.4. The van der Waals surface area contributed by atoms with Crippen LogP contribution in [0.25, 0.3) is 0 Å². The summed E-state index contributed by atoms with van der Waals surface area (Å²) < 4.78 is 13.6. The van der Waals surface area contributed by atoms with Crippen molar-refractivity contribution in [3.05, 3.63) is 83.2 Å². The second kappa shape index (κ2) is 8.16. The number of hydrogen-bond donors (Lipinski definition) is 1. The summed E-state index contributed by atoms with van der Waals surface area (Å²) in [6.45, 7) is 7.00. The van der Waals surface area contributed by atoms with E-state index in [4.69, 9.17) is 0 Å². The number of fused-ring (bicyclic) bond motifs is 1. The molecule has 2 aromatic rings. The van der Waals surface area contributed by atoms with Crippen LogP contribution in [-0.4, -0.2) is 29.8 Å². The maximum atomic E-state index is 13.6. The van der Waals surface area contributed by atoms with E-state index < -0.39 is 0 Å². The van der Waals surface area contributed by atoms with Crippen molar-refractivity contribution >= 4 is 11.8 Å². The van der Waals surface area contributed by atoms with Gasteiger partial charge in [0.2, 0.25) is 5.91 Å². The molecular formula is C22H23FN2O2.